The first kappa shape index (κ1) is 19.0. The molecule has 0 atom stereocenters. The van der Waals surface area contributed by atoms with E-state index in [1.807, 2.05) is 36.5 Å². The topological polar surface area (TPSA) is 58.1 Å². The predicted octanol–water partition coefficient (Wildman–Crippen LogP) is 4.82. The Morgan fingerprint density at radius 3 is 2.57 bits per heavy atom. The van der Waals surface area contributed by atoms with Crippen molar-refractivity contribution in [3.63, 3.8) is 0 Å². The van der Waals surface area contributed by atoms with E-state index in [0.717, 1.165) is 46.6 Å². The Labute approximate surface area is 177 Å². The van der Waals surface area contributed by atoms with Crippen LogP contribution < -0.4 is 10.2 Å². The Balaban J connectivity index is 1.29. The number of benzene rings is 1. The van der Waals surface area contributed by atoms with E-state index in [9.17, 15) is 4.79 Å². The first-order valence-corrected chi connectivity index (χ1v) is 11.2. The van der Waals surface area contributed by atoms with Gasteiger partial charge in [-0.25, -0.2) is 4.98 Å². The van der Waals surface area contributed by atoms with E-state index in [1.165, 1.54) is 38.5 Å². The average molecular weight is 401 g/mol. The third kappa shape index (κ3) is 4.16. The normalized spacial score (nSPS) is 17.0. The molecule has 1 amide bonds. The van der Waals surface area contributed by atoms with Crippen molar-refractivity contribution in [3.8, 4) is 0 Å². The number of anilines is 1. The van der Waals surface area contributed by atoms with Gasteiger partial charge in [0, 0.05) is 42.8 Å². The fraction of sp³-hybridized carbons (Fsp3) is 0.400. The molecule has 3 aromatic rings. The fourth-order valence-electron chi connectivity index (χ4n) is 4.26. The number of nitrogens with zero attached hydrogens (tertiary/aromatic N) is 3. The summed E-state index contributed by atoms with van der Waals surface area (Å²) in [5.41, 5.74) is 3.68. The highest BCUT2D eigenvalue weighted by molar-refractivity contribution is 6.06. The summed E-state index contributed by atoms with van der Waals surface area (Å²) in [7, 11) is 0. The number of fused-ring (bicyclic) bond motifs is 1. The standard InChI is InChI=1S/C25H28N4O/c30-25(21-15-23(19-10-11-19)28-22-8-4-3-7-20(21)22)27-17-18-9-12-24(26-16-18)29-13-5-1-2-6-14-29/h3-4,7-9,12,15-16,19H,1-2,5-6,10-11,13-14,17H2,(H,27,30). The Morgan fingerprint density at radius 1 is 1.03 bits per heavy atom. The quantitative estimate of drug-likeness (QED) is 0.667. The number of aromatic nitrogens is 2. The number of pyridine rings is 2. The fourth-order valence-corrected chi connectivity index (χ4v) is 4.26. The molecule has 2 aromatic heterocycles. The van der Waals surface area contributed by atoms with E-state index in [0.29, 0.717) is 12.5 Å². The van der Waals surface area contributed by atoms with Crippen LogP contribution in [0.4, 0.5) is 5.82 Å². The molecule has 30 heavy (non-hydrogen) atoms. The Bertz CT molecular complexity index is 1030. The van der Waals surface area contributed by atoms with Crippen molar-refractivity contribution in [1.29, 1.82) is 0 Å². The Hall–Kier alpha value is -2.95. The van der Waals surface area contributed by atoms with Gasteiger partial charge in [-0.2, -0.15) is 0 Å². The molecule has 154 valence electrons. The first-order chi connectivity index (χ1) is 14.8. The van der Waals surface area contributed by atoms with E-state index >= 15 is 0 Å². The molecule has 1 N–H and O–H groups in total. The molecule has 3 heterocycles. The zero-order chi connectivity index (χ0) is 20.3. The minimum atomic E-state index is -0.0490. The highest BCUT2D eigenvalue weighted by Crippen LogP contribution is 2.40. The number of para-hydroxylation sites is 1. The van der Waals surface area contributed by atoms with Crippen molar-refractivity contribution >= 4 is 22.6 Å². The first-order valence-electron chi connectivity index (χ1n) is 11.2. The van der Waals surface area contributed by atoms with Gasteiger partial charge in [0.2, 0.25) is 0 Å². The monoisotopic (exact) mass is 400 g/mol. The summed E-state index contributed by atoms with van der Waals surface area (Å²) in [6, 6.07) is 14.0. The van der Waals surface area contributed by atoms with E-state index in [4.69, 9.17) is 4.98 Å². The van der Waals surface area contributed by atoms with Gasteiger partial charge in [-0.05, 0) is 49.4 Å². The number of carbonyl (C=O) groups excluding carboxylic acids is 1. The van der Waals surface area contributed by atoms with Gasteiger partial charge >= 0.3 is 0 Å². The zero-order valence-electron chi connectivity index (χ0n) is 17.3. The number of hydrogen-bond donors (Lipinski definition) is 1. The van der Waals surface area contributed by atoms with Gasteiger partial charge < -0.3 is 10.2 Å². The minimum absolute atomic E-state index is 0.0490. The van der Waals surface area contributed by atoms with Crippen LogP contribution in [0.1, 0.15) is 66.1 Å². The zero-order valence-corrected chi connectivity index (χ0v) is 17.3. The summed E-state index contributed by atoms with van der Waals surface area (Å²) in [5, 5.41) is 3.99. The third-order valence-electron chi connectivity index (χ3n) is 6.17. The molecule has 2 aliphatic rings. The molecule has 5 heteroatoms. The molecule has 2 fully saturated rings. The van der Waals surface area contributed by atoms with Crippen LogP contribution >= 0.6 is 0 Å². The van der Waals surface area contributed by atoms with Gasteiger partial charge in [0.15, 0.2) is 0 Å². The van der Waals surface area contributed by atoms with Crippen LogP contribution in [0, 0.1) is 0 Å². The molecule has 0 spiro atoms. The van der Waals surface area contributed by atoms with Crippen molar-refractivity contribution in [2.75, 3.05) is 18.0 Å². The molecule has 1 aliphatic carbocycles. The van der Waals surface area contributed by atoms with Crippen LogP contribution in [0.3, 0.4) is 0 Å². The summed E-state index contributed by atoms with van der Waals surface area (Å²) >= 11 is 0. The second-order valence-corrected chi connectivity index (χ2v) is 8.49. The SMILES string of the molecule is O=C(NCc1ccc(N2CCCCCC2)nc1)c1cc(C2CC2)nc2ccccc12. The summed E-state index contributed by atoms with van der Waals surface area (Å²) in [6.45, 7) is 2.64. The lowest BCUT2D eigenvalue weighted by Gasteiger charge is -2.21. The van der Waals surface area contributed by atoms with E-state index in [-0.39, 0.29) is 5.91 Å². The van der Waals surface area contributed by atoms with Crippen LogP contribution in [0.2, 0.25) is 0 Å². The van der Waals surface area contributed by atoms with Crippen LogP contribution in [-0.4, -0.2) is 29.0 Å². The van der Waals surface area contributed by atoms with Crippen LogP contribution in [0.15, 0.2) is 48.7 Å². The maximum Gasteiger partial charge on any atom is 0.252 e. The van der Waals surface area contributed by atoms with Gasteiger partial charge in [-0.15, -0.1) is 0 Å². The molecule has 1 aliphatic heterocycles. The summed E-state index contributed by atoms with van der Waals surface area (Å²) < 4.78 is 0. The number of carbonyl (C=O) groups is 1. The Kier molecular flexibility index (Phi) is 5.35. The van der Waals surface area contributed by atoms with Gasteiger partial charge in [0.1, 0.15) is 5.82 Å². The lowest BCUT2D eigenvalue weighted by atomic mass is 10.1. The maximum atomic E-state index is 13.0. The van der Waals surface area contributed by atoms with Gasteiger partial charge in [-0.1, -0.05) is 37.1 Å². The largest absolute Gasteiger partial charge is 0.357 e. The van der Waals surface area contributed by atoms with Crippen LogP contribution in [0.5, 0.6) is 0 Å². The number of hydrogen-bond acceptors (Lipinski definition) is 4. The third-order valence-corrected chi connectivity index (χ3v) is 6.17. The van der Waals surface area contributed by atoms with Gasteiger partial charge in [0.05, 0.1) is 11.1 Å². The molecule has 5 nitrogen and oxygen atoms in total. The molecular formula is C25H28N4O. The molecule has 1 aromatic carbocycles. The Morgan fingerprint density at radius 2 is 1.83 bits per heavy atom. The minimum Gasteiger partial charge on any atom is -0.357 e. The van der Waals surface area contributed by atoms with E-state index in [2.05, 4.69) is 27.3 Å². The van der Waals surface area contributed by atoms with Gasteiger partial charge in [-0.3, -0.25) is 9.78 Å². The van der Waals surface area contributed by atoms with Crippen molar-refractivity contribution in [2.45, 2.75) is 51.0 Å². The summed E-state index contributed by atoms with van der Waals surface area (Å²) in [5.74, 6) is 1.50. The molecule has 5 rings (SSSR count). The lowest BCUT2D eigenvalue weighted by molar-refractivity contribution is 0.0952. The highest BCUT2D eigenvalue weighted by atomic mass is 16.1. The second-order valence-electron chi connectivity index (χ2n) is 8.49. The molecule has 0 bridgehead atoms. The molecule has 1 saturated heterocycles. The smallest absolute Gasteiger partial charge is 0.252 e. The predicted molar refractivity (Wildman–Crippen MR) is 120 cm³/mol. The second kappa shape index (κ2) is 8.42. The van der Waals surface area contributed by atoms with E-state index in [1.54, 1.807) is 0 Å². The number of nitrogens with one attached hydrogen (secondary N) is 1. The molecule has 0 radical (unpaired) electrons. The summed E-state index contributed by atoms with van der Waals surface area (Å²) in [6.07, 6.45) is 9.33. The molecule has 0 unspecified atom stereocenters. The average Bonchev–Trinajstić information content (AvgIpc) is 3.64. The molecule has 1 saturated carbocycles. The molecular weight excluding hydrogens is 372 g/mol. The maximum absolute atomic E-state index is 13.0. The van der Waals surface area contributed by atoms with Crippen LogP contribution in [-0.2, 0) is 6.54 Å². The van der Waals surface area contributed by atoms with Crippen molar-refractivity contribution < 1.29 is 4.79 Å². The lowest BCUT2D eigenvalue weighted by Crippen LogP contribution is -2.25. The number of rotatable bonds is 5. The van der Waals surface area contributed by atoms with Crippen molar-refractivity contribution in [1.82, 2.24) is 15.3 Å². The highest BCUT2D eigenvalue weighted by Gasteiger charge is 2.26. The summed E-state index contributed by atoms with van der Waals surface area (Å²) in [4.78, 5) is 24.8. The van der Waals surface area contributed by atoms with Crippen molar-refractivity contribution in [3.05, 3.63) is 65.5 Å². The van der Waals surface area contributed by atoms with Gasteiger partial charge in [0.25, 0.3) is 5.91 Å². The van der Waals surface area contributed by atoms with E-state index < -0.39 is 0 Å². The van der Waals surface area contributed by atoms with Crippen LogP contribution in [0.25, 0.3) is 10.9 Å². The van der Waals surface area contributed by atoms with Crippen molar-refractivity contribution in [2.24, 2.45) is 0 Å². The number of amides is 1.